The Balaban J connectivity index is 0.00000124. The standard InChI is InChI=1S/C27H37F3N6OS.CH2O2/c1-20-4-11-33(12-5-20)23-17-21(16-22(18-23)27(28,29)30)19-35-10-3-7-26(35)8-14-34(15-9-26)25(37)36-13-6-24(31-36)32-38-2;2-1-3/h6,13,16-18,20H,3-5,7-12,14-15,19H2,1-2H3,(H,31,32);1H,(H,2,3). The molecule has 0 aliphatic carbocycles. The van der Waals surface area contributed by atoms with Crippen LogP contribution in [0.3, 0.4) is 0 Å². The minimum absolute atomic E-state index is 0.0819. The molecule has 3 aliphatic heterocycles. The number of amides is 1. The third-order valence-electron chi connectivity index (χ3n) is 8.52. The Morgan fingerprint density at radius 3 is 2.46 bits per heavy atom. The van der Waals surface area contributed by atoms with Gasteiger partial charge in [-0.25, -0.2) is 4.79 Å². The Morgan fingerprint density at radius 1 is 1.15 bits per heavy atom. The average Bonchev–Trinajstić information content (AvgIpc) is 3.56. The summed E-state index contributed by atoms with van der Waals surface area (Å²) in [6, 6.07) is 6.24. The lowest BCUT2D eigenvalue weighted by Crippen LogP contribution is -2.53. The van der Waals surface area contributed by atoms with Crippen molar-refractivity contribution in [3.63, 3.8) is 0 Å². The first-order valence-electron chi connectivity index (χ1n) is 14.0. The number of carbonyl (C=O) groups is 2. The fourth-order valence-electron chi connectivity index (χ4n) is 6.25. The molecule has 4 heterocycles. The summed E-state index contributed by atoms with van der Waals surface area (Å²) < 4.78 is 46.0. The normalized spacial score (nSPS) is 19.6. The van der Waals surface area contributed by atoms with Gasteiger partial charge in [-0.1, -0.05) is 18.9 Å². The van der Waals surface area contributed by atoms with Crippen LogP contribution in [0.1, 0.15) is 56.6 Å². The lowest BCUT2D eigenvalue weighted by molar-refractivity contribution is -0.137. The Kier molecular flexibility index (Phi) is 10.1. The first kappa shape index (κ1) is 31.0. The van der Waals surface area contributed by atoms with Crippen molar-refractivity contribution in [2.75, 3.05) is 48.6 Å². The molecule has 1 spiro atoms. The molecule has 1 aromatic carbocycles. The monoisotopic (exact) mass is 596 g/mol. The number of likely N-dealkylation sites (tertiary alicyclic amines) is 2. The van der Waals surface area contributed by atoms with Gasteiger partial charge in [0.05, 0.1) is 5.56 Å². The van der Waals surface area contributed by atoms with E-state index >= 15 is 0 Å². The van der Waals surface area contributed by atoms with Crippen molar-refractivity contribution < 1.29 is 27.9 Å². The second kappa shape index (κ2) is 13.4. The lowest BCUT2D eigenvalue weighted by Gasteiger charge is -2.45. The molecule has 1 amide bonds. The van der Waals surface area contributed by atoms with Gasteiger partial charge in [-0.05, 0) is 74.8 Å². The van der Waals surface area contributed by atoms with Crippen LogP contribution in [-0.2, 0) is 17.5 Å². The number of aromatic nitrogens is 2. The molecule has 1 aromatic heterocycles. The molecule has 13 heteroatoms. The van der Waals surface area contributed by atoms with Crippen molar-refractivity contribution in [1.82, 2.24) is 19.6 Å². The maximum Gasteiger partial charge on any atom is 0.416 e. The van der Waals surface area contributed by atoms with Crippen LogP contribution in [0.5, 0.6) is 0 Å². The highest BCUT2D eigenvalue weighted by molar-refractivity contribution is 7.99. The molecule has 0 radical (unpaired) electrons. The zero-order valence-electron chi connectivity index (χ0n) is 23.6. The second-order valence-electron chi connectivity index (χ2n) is 11.1. The molecule has 5 rings (SSSR count). The highest BCUT2D eigenvalue weighted by Gasteiger charge is 2.44. The van der Waals surface area contributed by atoms with E-state index < -0.39 is 11.7 Å². The van der Waals surface area contributed by atoms with Crippen LogP contribution in [0.25, 0.3) is 0 Å². The highest BCUT2D eigenvalue weighted by Crippen LogP contribution is 2.41. The third-order valence-corrected chi connectivity index (χ3v) is 8.94. The number of nitrogens with one attached hydrogen (secondary N) is 1. The molecule has 2 aromatic rings. The summed E-state index contributed by atoms with van der Waals surface area (Å²) in [6.45, 7) is 6.13. The molecule has 0 saturated carbocycles. The fraction of sp³-hybridized carbons (Fsp3) is 0.607. The second-order valence-corrected chi connectivity index (χ2v) is 11.7. The van der Waals surface area contributed by atoms with Crippen molar-refractivity contribution >= 4 is 36.0 Å². The van der Waals surface area contributed by atoms with Crippen molar-refractivity contribution in [2.45, 2.75) is 63.7 Å². The first-order valence-corrected chi connectivity index (χ1v) is 15.2. The SMILES string of the molecule is CSNc1ccn(C(=O)N2CCC3(CCCN3Cc3cc(N4CCC(C)CC4)cc(C(F)(F)F)c3)CC2)n1.O=CO. The largest absolute Gasteiger partial charge is 0.483 e. The first-order chi connectivity index (χ1) is 19.6. The zero-order valence-corrected chi connectivity index (χ0v) is 24.4. The Labute approximate surface area is 243 Å². The number of halogens is 3. The molecule has 3 aliphatic rings. The minimum Gasteiger partial charge on any atom is -0.483 e. The van der Waals surface area contributed by atoms with Crippen molar-refractivity contribution in [2.24, 2.45) is 5.92 Å². The van der Waals surface area contributed by atoms with Gasteiger partial charge in [-0.3, -0.25) is 9.69 Å². The van der Waals surface area contributed by atoms with E-state index in [2.05, 4.69) is 26.5 Å². The summed E-state index contributed by atoms with van der Waals surface area (Å²) in [5.41, 5.74) is 0.761. The van der Waals surface area contributed by atoms with E-state index in [1.165, 1.54) is 28.8 Å². The molecule has 0 bridgehead atoms. The zero-order chi connectivity index (χ0) is 29.6. The number of piperidine rings is 2. The van der Waals surface area contributed by atoms with Crippen LogP contribution in [-0.4, -0.2) is 81.7 Å². The molecule has 9 nitrogen and oxygen atoms in total. The number of nitrogens with zero attached hydrogens (tertiary/aromatic N) is 5. The quantitative estimate of drug-likeness (QED) is 0.339. The Morgan fingerprint density at radius 2 is 1.83 bits per heavy atom. The summed E-state index contributed by atoms with van der Waals surface area (Å²) in [5, 5.41) is 11.2. The lowest BCUT2D eigenvalue weighted by atomic mass is 9.84. The van der Waals surface area contributed by atoms with Gasteiger partial charge in [0.1, 0.15) is 0 Å². The number of carbonyl (C=O) groups excluding carboxylic acids is 1. The number of carboxylic acid groups (broad SMARTS) is 1. The van der Waals surface area contributed by atoms with Gasteiger partial charge in [0.25, 0.3) is 6.47 Å². The van der Waals surface area contributed by atoms with Crippen molar-refractivity contribution in [3.8, 4) is 0 Å². The molecular formula is C28H39F3N6O3S. The molecule has 226 valence electrons. The summed E-state index contributed by atoms with van der Waals surface area (Å²) in [4.78, 5) is 27.7. The van der Waals surface area contributed by atoms with Gasteiger partial charge in [0.2, 0.25) is 0 Å². The smallest absolute Gasteiger partial charge is 0.416 e. The molecule has 0 unspecified atom stereocenters. The van der Waals surface area contributed by atoms with E-state index in [0.717, 1.165) is 63.7 Å². The van der Waals surface area contributed by atoms with E-state index in [-0.39, 0.29) is 18.0 Å². The van der Waals surface area contributed by atoms with Crippen molar-refractivity contribution in [3.05, 3.63) is 41.6 Å². The number of hydrogen-bond donors (Lipinski definition) is 2. The van der Waals surface area contributed by atoms with E-state index in [1.54, 1.807) is 12.3 Å². The number of anilines is 2. The van der Waals surface area contributed by atoms with Gasteiger partial charge in [0, 0.05) is 62.5 Å². The Bertz CT molecular complexity index is 1180. The molecule has 3 fully saturated rings. The maximum absolute atomic E-state index is 13.9. The number of benzene rings is 1. The molecule has 41 heavy (non-hydrogen) atoms. The minimum atomic E-state index is -4.38. The van der Waals surface area contributed by atoms with Crippen LogP contribution in [0.2, 0.25) is 0 Å². The maximum atomic E-state index is 13.9. The Hall–Kier alpha value is -2.93. The van der Waals surface area contributed by atoms with E-state index in [4.69, 9.17) is 9.90 Å². The summed E-state index contributed by atoms with van der Waals surface area (Å²) >= 11 is 1.42. The fourth-order valence-corrected chi connectivity index (χ4v) is 6.57. The van der Waals surface area contributed by atoms with E-state index in [9.17, 15) is 18.0 Å². The predicted octanol–water partition coefficient (Wildman–Crippen LogP) is 5.63. The predicted molar refractivity (Wildman–Crippen MR) is 154 cm³/mol. The highest BCUT2D eigenvalue weighted by atomic mass is 32.2. The molecule has 0 atom stereocenters. The summed E-state index contributed by atoms with van der Waals surface area (Å²) in [6.07, 6.45) is 4.85. The van der Waals surface area contributed by atoms with Gasteiger partial charge >= 0.3 is 12.2 Å². The molecule has 3 saturated heterocycles. The van der Waals surface area contributed by atoms with Gasteiger partial charge in [-0.2, -0.15) is 17.9 Å². The summed E-state index contributed by atoms with van der Waals surface area (Å²) in [7, 11) is 0. The molecular weight excluding hydrogens is 557 g/mol. The number of alkyl halides is 3. The van der Waals surface area contributed by atoms with Crippen LogP contribution >= 0.6 is 11.9 Å². The average molecular weight is 597 g/mol. The van der Waals surface area contributed by atoms with Gasteiger partial charge in [0.15, 0.2) is 5.82 Å². The van der Waals surface area contributed by atoms with Crippen LogP contribution in [0.4, 0.5) is 29.5 Å². The topological polar surface area (TPSA) is 93.9 Å². The van der Waals surface area contributed by atoms with E-state index in [1.807, 2.05) is 17.2 Å². The van der Waals surface area contributed by atoms with Crippen LogP contribution < -0.4 is 9.62 Å². The van der Waals surface area contributed by atoms with Gasteiger partial charge in [-0.15, -0.1) is 5.10 Å². The summed E-state index contributed by atoms with van der Waals surface area (Å²) in [5.74, 6) is 1.25. The third kappa shape index (κ3) is 7.48. The molecule has 2 N–H and O–H groups in total. The number of rotatable bonds is 5. The van der Waals surface area contributed by atoms with Gasteiger partial charge < -0.3 is 19.6 Å². The van der Waals surface area contributed by atoms with Crippen molar-refractivity contribution in [1.29, 1.82) is 0 Å². The van der Waals surface area contributed by atoms with Crippen LogP contribution in [0, 0.1) is 5.92 Å². The number of hydrogen-bond acceptors (Lipinski definition) is 7. The van der Waals surface area contributed by atoms with Crippen LogP contribution in [0.15, 0.2) is 30.5 Å². The van der Waals surface area contributed by atoms with E-state index in [0.29, 0.717) is 37.1 Å².